The van der Waals surface area contributed by atoms with Crippen molar-refractivity contribution in [2.75, 3.05) is 18.0 Å². The normalized spacial score (nSPS) is 10.8. The third-order valence-electron chi connectivity index (χ3n) is 3.72. The van der Waals surface area contributed by atoms with Gasteiger partial charge in [-0.2, -0.15) is 0 Å². The van der Waals surface area contributed by atoms with E-state index in [4.69, 9.17) is 4.98 Å². The molecule has 3 heteroatoms. The van der Waals surface area contributed by atoms with Gasteiger partial charge in [0.15, 0.2) is 6.29 Å². The molecular weight excluding hydrogens is 260 g/mol. The van der Waals surface area contributed by atoms with E-state index >= 15 is 0 Å². The number of hydrogen-bond donors (Lipinski definition) is 0. The van der Waals surface area contributed by atoms with E-state index in [0.717, 1.165) is 61.8 Å². The van der Waals surface area contributed by atoms with Crippen molar-refractivity contribution in [3.05, 3.63) is 35.9 Å². The number of rotatable bonds is 8. The largest absolute Gasteiger partial charge is 0.356 e. The average Bonchev–Trinajstić information content (AvgIpc) is 2.54. The quantitative estimate of drug-likeness (QED) is 0.671. The first-order valence-corrected chi connectivity index (χ1v) is 7.90. The first-order valence-electron chi connectivity index (χ1n) is 7.90. The highest BCUT2D eigenvalue weighted by Gasteiger charge is 2.13. The molecule has 3 nitrogen and oxygen atoms in total. The van der Waals surface area contributed by atoms with Crippen LogP contribution in [0.15, 0.2) is 30.3 Å². The fourth-order valence-corrected chi connectivity index (χ4v) is 2.48. The summed E-state index contributed by atoms with van der Waals surface area (Å²) in [7, 11) is 0. The number of fused-ring (bicyclic) bond motifs is 1. The molecule has 0 bridgehead atoms. The minimum atomic E-state index is 0.695. The maximum absolute atomic E-state index is 11.5. The van der Waals surface area contributed by atoms with Crippen LogP contribution in [-0.4, -0.2) is 24.4 Å². The minimum absolute atomic E-state index is 0.695. The molecule has 0 atom stereocenters. The second-order valence-electron chi connectivity index (χ2n) is 5.41. The van der Waals surface area contributed by atoms with Gasteiger partial charge >= 0.3 is 0 Å². The van der Waals surface area contributed by atoms with Gasteiger partial charge in [0.05, 0.1) is 11.1 Å². The number of aldehydes is 1. The molecule has 0 spiro atoms. The summed E-state index contributed by atoms with van der Waals surface area (Å²) in [5.41, 5.74) is 1.65. The molecule has 0 aliphatic rings. The van der Waals surface area contributed by atoms with Gasteiger partial charge in [-0.25, -0.2) is 4.98 Å². The van der Waals surface area contributed by atoms with Crippen molar-refractivity contribution < 1.29 is 4.79 Å². The van der Waals surface area contributed by atoms with Crippen LogP contribution < -0.4 is 4.90 Å². The van der Waals surface area contributed by atoms with E-state index < -0.39 is 0 Å². The Bertz CT molecular complexity index is 587. The third kappa shape index (κ3) is 3.81. The summed E-state index contributed by atoms with van der Waals surface area (Å²) in [5.74, 6) is 0.839. The van der Waals surface area contributed by atoms with Crippen molar-refractivity contribution in [2.45, 2.75) is 39.5 Å². The number of carbonyl (C=O) groups is 1. The zero-order valence-corrected chi connectivity index (χ0v) is 13.0. The maximum Gasteiger partial charge on any atom is 0.153 e. The van der Waals surface area contributed by atoms with Crippen molar-refractivity contribution in [1.29, 1.82) is 0 Å². The lowest BCUT2D eigenvalue weighted by molar-refractivity contribution is 0.112. The van der Waals surface area contributed by atoms with Gasteiger partial charge in [0.2, 0.25) is 0 Å². The van der Waals surface area contributed by atoms with Gasteiger partial charge in [0, 0.05) is 18.5 Å². The Balaban J connectivity index is 2.40. The molecule has 1 aromatic carbocycles. The van der Waals surface area contributed by atoms with Crippen LogP contribution in [0, 0.1) is 0 Å². The molecule has 0 fully saturated rings. The van der Waals surface area contributed by atoms with Crippen LogP contribution in [0.2, 0.25) is 0 Å². The van der Waals surface area contributed by atoms with Crippen molar-refractivity contribution in [3.63, 3.8) is 0 Å². The predicted molar refractivity (Wildman–Crippen MR) is 89.2 cm³/mol. The van der Waals surface area contributed by atoms with Gasteiger partial charge in [-0.05, 0) is 25.0 Å². The number of unbranched alkanes of at least 4 members (excludes halogenated alkanes) is 2. The van der Waals surface area contributed by atoms with Crippen LogP contribution in [0.25, 0.3) is 10.9 Å². The summed E-state index contributed by atoms with van der Waals surface area (Å²) in [6.45, 7) is 6.30. The summed E-state index contributed by atoms with van der Waals surface area (Å²) in [6.07, 6.45) is 5.46. The molecule has 1 aromatic heterocycles. The zero-order chi connectivity index (χ0) is 15.1. The molecule has 0 amide bonds. The second kappa shape index (κ2) is 7.77. The van der Waals surface area contributed by atoms with Crippen molar-refractivity contribution in [3.8, 4) is 0 Å². The Morgan fingerprint density at radius 2 is 1.76 bits per heavy atom. The highest BCUT2D eigenvalue weighted by molar-refractivity contribution is 5.91. The monoisotopic (exact) mass is 284 g/mol. The van der Waals surface area contributed by atoms with Crippen LogP contribution in [0.1, 0.15) is 49.9 Å². The van der Waals surface area contributed by atoms with Crippen molar-refractivity contribution >= 4 is 23.0 Å². The number of pyridine rings is 1. The molecule has 2 rings (SSSR count). The summed E-state index contributed by atoms with van der Waals surface area (Å²) in [6, 6.07) is 9.93. The number of hydrogen-bond acceptors (Lipinski definition) is 3. The summed E-state index contributed by atoms with van der Waals surface area (Å²) in [5, 5.41) is 1.02. The number of para-hydroxylation sites is 1. The van der Waals surface area contributed by atoms with Crippen molar-refractivity contribution in [1.82, 2.24) is 4.98 Å². The average molecular weight is 284 g/mol. The Labute approximate surface area is 127 Å². The Hall–Kier alpha value is -1.90. The second-order valence-corrected chi connectivity index (χ2v) is 5.41. The van der Waals surface area contributed by atoms with E-state index in [9.17, 15) is 4.79 Å². The molecule has 2 aromatic rings. The molecule has 0 radical (unpaired) electrons. The molecule has 21 heavy (non-hydrogen) atoms. The third-order valence-corrected chi connectivity index (χ3v) is 3.72. The van der Waals surface area contributed by atoms with Crippen LogP contribution in [0.4, 0.5) is 5.82 Å². The molecule has 0 aliphatic carbocycles. The molecule has 112 valence electrons. The Morgan fingerprint density at radius 1 is 1.10 bits per heavy atom. The van der Waals surface area contributed by atoms with Crippen LogP contribution in [0.5, 0.6) is 0 Å². The Kier molecular flexibility index (Phi) is 5.73. The van der Waals surface area contributed by atoms with E-state index in [1.165, 1.54) is 0 Å². The molecule has 0 aliphatic heterocycles. The Morgan fingerprint density at radius 3 is 2.38 bits per heavy atom. The van der Waals surface area contributed by atoms with Crippen LogP contribution >= 0.6 is 0 Å². The highest BCUT2D eigenvalue weighted by Crippen LogP contribution is 2.23. The van der Waals surface area contributed by atoms with Gasteiger partial charge in [0.1, 0.15) is 5.82 Å². The van der Waals surface area contributed by atoms with E-state index in [1.54, 1.807) is 0 Å². The molecular formula is C18H24N2O. The highest BCUT2D eigenvalue weighted by atomic mass is 16.1. The smallest absolute Gasteiger partial charge is 0.153 e. The molecule has 0 saturated heterocycles. The number of benzene rings is 1. The van der Waals surface area contributed by atoms with Gasteiger partial charge < -0.3 is 4.90 Å². The summed E-state index contributed by atoms with van der Waals surface area (Å²) >= 11 is 0. The van der Waals surface area contributed by atoms with E-state index in [2.05, 4.69) is 18.7 Å². The lowest BCUT2D eigenvalue weighted by Crippen LogP contribution is -2.27. The summed E-state index contributed by atoms with van der Waals surface area (Å²) in [4.78, 5) is 18.5. The van der Waals surface area contributed by atoms with E-state index in [1.807, 2.05) is 30.3 Å². The van der Waals surface area contributed by atoms with Gasteiger partial charge in [-0.3, -0.25) is 4.79 Å². The number of nitrogens with zero attached hydrogens (tertiary/aromatic N) is 2. The zero-order valence-electron chi connectivity index (χ0n) is 13.0. The van der Waals surface area contributed by atoms with Gasteiger partial charge in [-0.15, -0.1) is 0 Å². The fraction of sp³-hybridized carbons (Fsp3) is 0.444. The van der Waals surface area contributed by atoms with Gasteiger partial charge in [0.25, 0.3) is 0 Å². The van der Waals surface area contributed by atoms with Crippen LogP contribution in [-0.2, 0) is 0 Å². The SMILES string of the molecule is CCCCN(CCCC)c1nc2ccccc2cc1C=O. The van der Waals surface area contributed by atoms with E-state index in [0.29, 0.717) is 5.56 Å². The fourth-order valence-electron chi connectivity index (χ4n) is 2.48. The first-order chi connectivity index (χ1) is 10.3. The molecule has 0 unspecified atom stereocenters. The lowest BCUT2D eigenvalue weighted by Gasteiger charge is -2.25. The first kappa shape index (κ1) is 15.5. The minimum Gasteiger partial charge on any atom is -0.356 e. The number of carbonyl (C=O) groups excluding carboxylic acids is 1. The molecule has 1 heterocycles. The predicted octanol–water partition coefficient (Wildman–Crippen LogP) is 4.45. The topological polar surface area (TPSA) is 33.2 Å². The summed E-state index contributed by atoms with van der Waals surface area (Å²) < 4.78 is 0. The maximum atomic E-state index is 11.5. The number of aromatic nitrogens is 1. The molecule has 0 saturated carbocycles. The standard InChI is InChI=1S/C18H24N2O/c1-3-5-11-20(12-6-4-2)18-16(14-21)13-15-9-7-8-10-17(15)19-18/h7-10,13-14H,3-6,11-12H2,1-2H3. The number of anilines is 1. The van der Waals surface area contributed by atoms with Crippen LogP contribution in [0.3, 0.4) is 0 Å². The lowest BCUT2D eigenvalue weighted by atomic mass is 10.1. The van der Waals surface area contributed by atoms with Crippen molar-refractivity contribution in [2.24, 2.45) is 0 Å². The van der Waals surface area contributed by atoms with Gasteiger partial charge in [-0.1, -0.05) is 44.9 Å². The van der Waals surface area contributed by atoms with E-state index in [-0.39, 0.29) is 0 Å². The molecule has 0 N–H and O–H groups in total.